The fourth-order valence-corrected chi connectivity index (χ4v) is 2.23. The molecule has 0 bridgehead atoms. The lowest BCUT2D eigenvalue weighted by molar-refractivity contribution is -0.148. The van der Waals surface area contributed by atoms with Gasteiger partial charge in [-0.25, -0.2) is 9.59 Å². The predicted molar refractivity (Wildman–Crippen MR) is 74.0 cm³/mol. The number of nitrogens with one attached hydrogen (secondary N) is 2. The molecule has 108 valence electrons. The fraction of sp³-hybridized carbons (Fsp3) is 0.385. The number of rotatable bonds is 3. The van der Waals surface area contributed by atoms with Crippen LogP contribution >= 0.6 is 11.6 Å². The number of hydrogen-bond donors (Lipinski definition) is 3. The third kappa shape index (κ3) is 3.20. The highest BCUT2D eigenvalue weighted by Crippen LogP contribution is 2.23. The summed E-state index contributed by atoms with van der Waals surface area (Å²) in [5, 5.41) is 14.8. The van der Waals surface area contributed by atoms with E-state index in [4.69, 9.17) is 16.3 Å². The van der Waals surface area contributed by atoms with Crippen LogP contribution in [0.2, 0.25) is 5.02 Å². The van der Waals surface area contributed by atoms with Crippen molar-refractivity contribution in [3.05, 3.63) is 29.3 Å². The molecule has 0 saturated carbocycles. The zero-order valence-corrected chi connectivity index (χ0v) is 11.4. The summed E-state index contributed by atoms with van der Waals surface area (Å²) < 4.78 is 5.14. The Labute approximate surface area is 121 Å². The van der Waals surface area contributed by atoms with Crippen LogP contribution in [0.25, 0.3) is 0 Å². The third-order valence-electron chi connectivity index (χ3n) is 3.23. The van der Waals surface area contributed by atoms with Gasteiger partial charge in [-0.1, -0.05) is 23.7 Å². The summed E-state index contributed by atoms with van der Waals surface area (Å²) in [6, 6.07) is 6.14. The van der Waals surface area contributed by atoms with Crippen molar-refractivity contribution in [1.82, 2.24) is 5.32 Å². The van der Waals surface area contributed by atoms with Crippen molar-refractivity contribution in [3.63, 3.8) is 0 Å². The van der Waals surface area contributed by atoms with Crippen molar-refractivity contribution >= 4 is 29.3 Å². The van der Waals surface area contributed by atoms with E-state index in [1.807, 2.05) is 0 Å². The molecule has 0 aliphatic carbocycles. The number of carbonyl (C=O) groups is 2. The van der Waals surface area contributed by atoms with E-state index < -0.39 is 17.5 Å². The van der Waals surface area contributed by atoms with Crippen LogP contribution in [0, 0.1) is 0 Å². The highest BCUT2D eigenvalue weighted by Gasteiger charge is 2.41. The summed E-state index contributed by atoms with van der Waals surface area (Å²) in [6.45, 7) is 0.608. The van der Waals surface area contributed by atoms with Crippen LogP contribution in [-0.2, 0) is 9.53 Å². The van der Waals surface area contributed by atoms with Crippen LogP contribution in [0.1, 0.15) is 12.8 Å². The molecule has 1 aliphatic heterocycles. The van der Waals surface area contributed by atoms with Gasteiger partial charge in [0.15, 0.2) is 0 Å². The van der Waals surface area contributed by atoms with Crippen LogP contribution in [0.5, 0.6) is 0 Å². The van der Waals surface area contributed by atoms with Gasteiger partial charge in [-0.2, -0.15) is 0 Å². The molecule has 1 fully saturated rings. The van der Waals surface area contributed by atoms with Gasteiger partial charge < -0.3 is 20.5 Å². The second-order valence-electron chi connectivity index (χ2n) is 4.56. The van der Waals surface area contributed by atoms with Gasteiger partial charge in [0.2, 0.25) is 0 Å². The Morgan fingerprint density at radius 2 is 1.90 bits per heavy atom. The molecule has 2 rings (SSSR count). The Hall–Kier alpha value is -1.79. The minimum Gasteiger partial charge on any atom is -0.480 e. The highest BCUT2D eigenvalue weighted by atomic mass is 35.5. The molecule has 1 aromatic rings. The van der Waals surface area contributed by atoms with E-state index in [9.17, 15) is 14.7 Å². The van der Waals surface area contributed by atoms with Gasteiger partial charge in [-0.3, -0.25) is 0 Å². The minimum atomic E-state index is -1.29. The molecule has 0 spiro atoms. The lowest BCUT2D eigenvalue weighted by atomic mass is 9.90. The molecule has 20 heavy (non-hydrogen) atoms. The van der Waals surface area contributed by atoms with Crippen LogP contribution in [-0.4, -0.2) is 35.9 Å². The molecular formula is C13H15ClN2O4. The van der Waals surface area contributed by atoms with Gasteiger partial charge in [0.05, 0.1) is 10.7 Å². The molecule has 1 saturated heterocycles. The van der Waals surface area contributed by atoms with Crippen LogP contribution in [0.4, 0.5) is 10.5 Å². The van der Waals surface area contributed by atoms with Crippen LogP contribution in [0.3, 0.4) is 0 Å². The summed E-state index contributed by atoms with van der Waals surface area (Å²) in [5.74, 6) is -1.06. The Bertz CT molecular complexity index is 515. The molecule has 1 heterocycles. The van der Waals surface area contributed by atoms with E-state index in [1.54, 1.807) is 24.3 Å². The third-order valence-corrected chi connectivity index (χ3v) is 3.56. The van der Waals surface area contributed by atoms with Gasteiger partial charge >= 0.3 is 12.0 Å². The van der Waals surface area contributed by atoms with Crippen molar-refractivity contribution in [2.45, 2.75) is 18.4 Å². The molecular weight excluding hydrogens is 284 g/mol. The minimum absolute atomic E-state index is 0.234. The van der Waals surface area contributed by atoms with Crippen LogP contribution in [0.15, 0.2) is 24.3 Å². The summed E-state index contributed by atoms with van der Waals surface area (Å²) in [4.78, 5) is 23.4. The number of carboxylic acid groups (broad SMARTS) is 1. The Morgan fingerprint density at radius 1 is 1.25 bits per heavy atom. The van der Waals surface area contributed by atoms with Gasteiger partial charge in [0, 0.05) is 26.1 Å². The van der Waals surface area contributed by atoms with Crippen molar-refractivity contribution in [3.8, 4) is 0 Å². The lowest BCUT2D eigenvalue weighted by Crippen LogP contribution is -2.58. The summed E-state index contributed by atoms with van der Waals surface area (Å²) in [7, 11) is 0. The van der Waals surface area contributed by atoms with Gasteiger partial charge in [-0.05, 0) is 12.1 Å². The number of aliphatic carboxylic acids is 1. The normalized spacial score (nSPS) is 17.2. The van der Waals surface area contributed by atoms with Crippen molar-refractivity contribution in [1.29, 1.82) is 0 Å². The average Bonchev–Trinajstić information content (AvgIpc) is 2.42. The Morgan fingerprint density at radius 3 is 2.50 bits per heavy atom. The molecule has 0 atom stereocenters. The first-order valence-electron chi connectivity index (χ1n) is 6.18. The molecule has 0 aromatic heterocycles. The first-order chi connectivity index (χ1) is 9.53. The quantitative estimate of drug-likeness (QED) is 0.797. The smallest absolute Gasteiger partial charge is 0.329 e. The standard InChI is InChI=1S/C13H15ClN2O4/c14-9-3-1-2-4-10(9)15-12(19)16-13(11(17)18)5-7-20-8-6-13/h1-4H,5-8H2,(H,17,18)(H2,15,16,19). The maximum absolute atomic E-state index is 12.0. The maximum atomic E-state index is 12.0. The fourth-order valence-electron chi connectivity index (χ4n) is 2.05. The number of halogens is 1. The van der Waals surface area contributed by atoms with E-state index in [1.165, 1.54) is 0 Å². The van der Waals surface area contributed by atoms with Gasteiger partial charge in [-0.15, -0.1) is 0 Å². The van der Waals surface area contributed by atoms with E-state index in [-0.39, 0.29) is 12.8 Å². The second kappa shape index (κ2) is 6.11. The number of amides is 2. The Kier molecular flexibility index (Phi) is 4.46. The van der Waals surface area contributed by atoms with Gasteiger partial charge in [0.25, 0.3) is 0 Å². The first kappa shape index (κ1) is 14.6. The Balaban J connectivity index is 2.06. The molecule has 7 heteroatoms. The summed E-state index contributed by atoms with van der Waals surface area (Å²) in [6.07, 6.45) is 0.469. The maximum Gasteiger partial charge on any atom is 0.329 e. The topological polar surface area (TPSA) is 87.7 Å². The molecule has 0 unspecified atom stereocenters. The number of para-hydroxylation sites is 1. The zero-order valence-electron chi connectivity index (χ0n) is 10.7. The highest BCUT2D eigenvalue weighted by molar-refractivity contribution is 6.33. The van der Waals surface area contributed by atoms with Crippen molar-refractivity contribution in [2.24, 2.45) is 0 Å². The van der Waals surface area contributed by atoms with Crippen LogP contribution < -0.4 is 10.6 Å². The number of hydrogen-bond acceptors (Lipinski definition) is 3. The first-order valence-corrected chi connectivity index (χ1v) is 6.56. The van der Waals surface area contributed by atoms with E-state index in [2.05, 4.69) is 10.6 Å². The van der Waals surface area contributed by atoms with E-state index >= 15 is 0 Å². The van der Waals surface area contributed by atoms with E-state index in [0.29, 0.717) is 23.9 Å². The number of urea groups is 1. The number of ether oxygens (including phenoxy) is 1. The van der Waals surface area contributed by atoms with Gasteiger partial charge in [0.1, 0.15) is 5.54 Å². The molecule has 1 aromatic carbocycles. The summed E-state index contributed by atoms with van der Waals surface area (Å²) in [5.41, 5.74) is -0.858. The monoisotopic (exact) mass is 298 g/mol. The van der Waals surface area contributed by atoms with Crippen molar-refractivity contribution < 1.29 is 19.4 Å². The number of carbonyl (C=O) groups excluding carboxylic acids is 1. The van der Waals surface area contributed by atoms with E-state index in [0.717, 1.165) is 0 Å². The lowest BCUT2D eigenvalue weighted by Gasteiger charge is -2.33. The molecule has 3 N–H and O–H groups in total. The number of benzene rings is 1. The molecule has 1 aliphatic rings. The summed E-state index contributed by atoms with van der Waals surface area (Å²) >= 11 is 5.93. The number of anilines is 1. The zero-order chi connectivity index (χ0) is 14.6. The molecule has 2 amide bonds. The SMILES string of the molecule is O=C(Nc1ccccc1Cl)NC1(C(=O)O)CCOCC1. The second-order valence-corrected chi connectivity index (χ2v) is 4.97. The predicted octanol–water partition coefficient (Wildman–Crippen LogP) is 2.10. The van der Waals surface area contributed by atoms with Crippen molar-refractivity contribution in [2.75, 3.05) is 18.5 Å². The molecule has 0 radical (unpaired) electrons. The number of carboxylic acids is 1. The average molecular weight is 299 g/mol. The molecule has 6 nitrogen and oxygen atoms in total. The largest absolute Gasteiger partial charge is 0.480 e.